The zero-order valence-electron chi connectivity index (χ0n) is 49.6. The number of rotatable bonds is 15. The van der Waals surface area contributed by atoms with Crippen LogP contribution in [0.25, 0.3) is 28.1 Å². The quantitative estimate of drug-likeness (QED) is 0.0243. The number of Topliss-reactive ketones (excluding diaryl/α,β-unsaturated/α-hetero) is 2. The van der Waals surface area contributed by atoms with Crippen molar-refractivity contribution in [1.29, 1.82) is 0 Å². The minimum Gasteiger partial charge on any atom is -0.368 e. The number of anilines is 8. The van der Waals surface area contributed by atoms with Gasteiger partial charge in [0.1, 0.15) is 22.9 Å². The number of hydroxylamine groups is 2. The molecule has 8 aromatic rings. The van der Waals surface area contributed by atoms with Crippen LogP contribution in [0.3, 0.4) is 0 Å². The van der Waals surface area contributed by atoms with E-state index in [1.807, 2.05) is 73.1 Å². The Kier molecular flexibility index (Phi) is 17.9. The highest BCUT2D eigenvalue weighted by Gasteiger charge is 2.29. The molecule has 2 aliphatic heterocycles. The van der Waals surface area contributed by atoms with Crippen molar-refractivity contribution >= 4 is 97.8 Å². The van der Waals surface area contributed by atoms with Crippen LogP contribution in [0.4, 0.5) is 46.3 Å². The van der Waals surface area contributed by atoms with Gasteiger partial charge in [0.25, 0.3) is 22.9 Å². The van der Waals surface area contributed by atoms with Gasteiger partial charge in [0.05, 0.1) is 34.9 Å². The van der Waals surface area contributed by atoms with E-state index in [9.17, 15) is 28.8 Å². The van der Waals surface area contributed by atoms with E-state index in [1.54, 1.807) is 64.5 Å². The Balaban J connectivity index is 0.000000182. The first-order valence-corrected chi connectivity index (χ1v) is 29.7. The SMILES string of the molecule is CC(=O)c1c(C)c2cnc(Nc3ccc(N4CCN(c5ccc(/C=C/C(=O)NO)cc5)CC4)cn3)nc2n(C2CCCC2)c1=O.CC(=O)c1c(C)c2cnc(Nc3ccc(N4CCN(c5ccc(C(=O)NO)cc5)CC4)cn3)nc2n(C2CCCC2)c1=O. The molecule has 12 rings (SSSR count). The zero-order chi connectivity index (χ0) is 61.6. The lowest BCUT2D eigenvalue weighted by atomic mass is 10.0. The summed E-state index contributed by atoms with van der Waals surface area (Å²) in [6.45, 7) is 13.0. The molecule has 6 N–H and O–H groups in total. The number of carbonyl (C=O) groups excluding carboxylic acids is 4. The number of aryl methyl sites for hydroxylation is 2. The number of hydrogen-bond acceptors (Lipinski definition) is 20. The molecule has 24 nitrogen and oxygen atoms in total. The second kappa shape index (κ2) is 26.4. The Bertz CT molecular complexity index is 4050. The number of amides is 2. The Labute approximate surface area is 506 Å². The summed E-state index contributed by atoms with van der Waals surface area (Å²) in [5.74, 6) is 0.274. The van der Waals surface area contributed by atoms with Gasteiger partial charge in [-0.1, -0.05) is 37.8 Å². The van der Waals surface area contributed by atoms with E-state index >= 15 is 0 Å². The number of pyridine rings is 4. The number of ketones is 2. The van der Waals surface area contributed by atoms with Crippen molar-refractivity contribution in [2.24, 2.45) is 0 Å². The predicted molar refractivity (Wildman–Crippen MR) is 337 cm³/mol. The topological polar surface area (TPSA) is 291 Å². The maximum absolute atomic E-state index is 13.5. The first-order valence-electron chi connectivity index (χ1n) is 29.7. The maximum atomic E-state index is 13.5. The smallest absolute Gasteiger partial charge is 0.274 e. The lowest BCUT2D eigenvalue weighted by Crippen LogP contribution is -2.46. The first kappa shape index (κ1) is 59.8. The van der Waals surface area contributed by atoms with Crippen molar-refractivity contribution in [3.8, 4) is 0 Å². The Morgan fingerprint density at radius 2 is 0.886 bits per heavy atom. The fourth-order valence-corrected chi connectivity index (χ4v) is 12.5. The van der Waals surface area contributed by atoms with Gasteiger partial charge in [-0.3, -0.25) is 48.3 Å². The highest BCUT2D eigenvalue weighted by Crippen LogP contribution is 2.34. The van der Waals surface area contributed by atoms with E-state index in [2.05, 4.69) is 50.2 Å². The average Bonchev–Trinajstić information content (AvgIpc) is 1.98. The van der Waals surface area contributed by atoms with Crippen LogP contribution in [0.15, 0.2) is 113 Å². The molecular formula is C64H70N16O8. The third-order valence-corrected chi connectivity index (χ3v) is 17.2. The molecule has 2 aliphatic carbocycles. The zero-order valence-corrected chi connectivity index (χ0v) is 49.6. The summed E-state index contributed by atoms with van der Waals surface area (Å²) in [6.07, 6.45) is 17.7. The normalized spacial score (nSPS) is 15.6. The number of benzene rings is 2. The summed E-state index contributed by atoms with van der Waals surface area (Å²) in [7, 11) is 0. The molecule has 0 radical (unpaired) electrons. The van der Waals surface area contributed by atoms with Crippen molar-refractivity contribution in [3.05, 3.63) is 158 Å². The van der Waals surface area contributed by atoms with Crippen LogP contribution in [0.1, 0.15) is 125 Å². The van der Waals surface area contributed by atoms with Gasteiger partial charge in [-0.05, 0) is 137 Å². The van der Waals surface area contributed by atoms with Crippen LogP contribution in [0.5, 0.6) is 0 Å². The number of piperazine rings is 2. The lowest BCUT2D eigenvalue weighted by Gasteiger charge is -2.37. The molecule has 0 unspecified atom stereocenters. The second-order valence-corrected chi connectivity index (χ2v) is 22.6. The molecule has 24 heteroatoms. The van der Waals surface area contributed by atoms with Gasteiger partial charge >= 0.3 is 0 Å². The molecule has 0 spiro atoms. The van der Waals surface area contributed by atoms with E-state index in [1.165, 1.54) is 19.9 Å². The minimum atomic E-state index is -0.568. The molecule has 0 bridgehead atoms. The summed E-state index contributed by atoms with van der Waals surface area (Å²) in [5.41, 5.74) is 10.9. The second-order valence-electron chi connectivity index (χ2n) is 22.6. The number of fused-ring (bicyclic) bond motifs is 2. The number of nitrogens with one attached hydrogen (secondary N) is 4. The van der Waals surface area contributed by atoms with Crippen LogP contribution >= 0.6 is 0 Å². The van der Waals surface area contributed by atoms with Crippen molar-refractivity contribution in [2.45, 2.75) is 91.1 Å². The van der Waals surface area contributed by atoms with E-state index in [4.69, 9.17) is 20.4 Å². The van der Waals surface area contributed by atoms with Gasteiger partial charge in [-0.15, -0.1) is 0 Å². The van der Waals surface area contributed by atoms with Crippen LogP contribution in [0.2, 0.25) is 0 Å². The molecule has 2 amide bonds. The number of nitrogens with zero attached hydrogens (tertiary/aromatic N) is 12. The molecule has 2 saturated carbocycles. The van der Waals surface area contributed by atoms with Crippen LogP contribution in [-0.4, -0.2) is 125 Å². The largest absolute Gasteiger partial charge is 0.368 e. The Morgan fingerprint density at radius 1 is 0.500 bits per heavy atom. The monoisotopic (exact) mass is 1190 g/mol. The predicted octanol–water partition coefficient (Wildman–Crippen LogP) is 8.40. The Hall–Kier alpha value is -9.94. The van der Waals surface area contributed by atoms with Crippen LogP contribution in [0, 0.1) is 13.8 Å². The fraction of sp³-hybridized carbons (Fsp3) is 0.344. The van der Waals surface area contributed by atoms with Gasteiger partial charge in [0.15, 0.2) is 11.6 Å². The highest BCUT2D eigenvalue weighted by atomic mass is 16.5. The van der Waals surface area contributed by atoms with Crippen molar-refractivity contribution in [3.63, 3.8) is 0 Å². The molecule has 2 aromatic carbocycles. The van der Waals surface area contributed by atoms with Gasteiger partial charge in [0.2, 0.25) is 11.9 Å². The van der Waals surface area contributed by atoms with E-state index in [0.29, 0.717) is 62.3 Å². The molecule has 88 heavy (non-hydrogen) atoms. The van der Waals surface area contributed by atoms with Gasteiger partial charge < -0.3 is 30.2 Å². The number of aromatic nitrogens is 8. The van der Waals surface area contributed by atoms with E-state index in [-0.39, 0.29) is 45.9 Å². The Morgan fingerprint density at radius 3 is 1.25 bits per heavy atom. The number of carbonyl (C=O) groups is 4. The van der Waals surface area contributed by atoms with Gasteiger partial charge in [-0.2, -0.15) is 9.97 Å². The molecule has 4 aliphatic rings. The summed E-state index contributed by atoms with van der Waals surface area (Å²) < 4.78 is 3.41. The summed E-state index contributed by atoms with van der Waals surface area (Å²) in [6, 6.07) is 22.9. The van der Waals surface area contributed by atoms with Crippen LogP contribution in [-0.2, 0) is 4.79 Å². The fourth-order valence-electron chi connectivity index (χ4n) is 12.5. The van der Waals surface area contributed by atoms with E-state index in [0.717, 1.165) is 132 Å². The highest BCUT2D eigenvalue weighted by molar-refractivity contribution is 6.00. The van der Waals surface area contributed by atoms with Gasteiger partial charge in [0, 0.05) is 111 Å². The van der Waals surface area contributed by atoms with Crippen LogP contribution < -0.4 is 52.3 Å². The van der Waals surface area contributed by atoms with Crippen molar-refractivity contribution in [2.75, 3.05) is 82.6 Å². The molecule has 4 fully saturated rings. The third-order valence-electron chi connectivity index (χ3n) is 17.2. The molecular weight excluding hydrogens is 1120 g/mol. The average molecular weight is 1190 g/mol. The van der Waals surface area contributed by atoms with Gasteiger partial charge in [-0.25, -0.2) is 30.9 Å². The number of hydrogen-bond donors (Lipinski definition) is 6. The lowest BCUT2D eigenvalue weighted by molar-refractivity contribution is -0.124. The molecule has 8 heterocycles. The molecule has 0 atom stereocenters. The first-order chi connectivity index (χ1) is 42.7. The summed E-state index contributed by atoms with van der Waals surface area (Å²) in [4.78, 5) is 111. The van der Waals surface area contributed by atoms with E-state index < -0.39 is 11.8 Å². The third kappa shape index (κ3) is 12.8. The standard InChI is InChI=1S/C33H36N8O4.C31H34N8O4/c1-21-27-20-35-33(37-31(27)41(25-5-3-4-6-25)32(44)30(21)22(2)42)36-28-13-12-26(19-34-28)40-17-15-39(16-18-40)24-10-7-23(8-11-24)9-14-29(43)38-45;1-19-25-18-33-31(35-28(25)39(23-5-3-4-6-23)30(42)27(19)20(2)40)34-26-12-11-24(17-32-26)38-15-13-37(14-16-38)22-9-7-21(8-10-22)29(41)36-43/h7-14,19-20,25,45H,3-6,15-18H2,1-2H3,(H,38,43)(H,34,35,36,37);7-12,17-18,23,43H,3-6,13-16H2,1-2H3,(H,36,41)(H,32,33,34,35)/b14-9+;. The maximum Gasteiger partial charge on any atom is 0.274 e. The minimum absolute atomic E-state index is 0.0152. The van der Waals surface area contributed by atoms with Crippen molar-refractivity contribution < 1.29 is 29.6 Å². The van der Waals surface area contributed by atoms with Crippen molar-refractivity contribution in [1.82, 2.24) is 50.0 Å². The summed E-state index contributed by atoms with van der Waals surface area (Å²) in [5, 5.41) is 25.2. The molecule has 454 valence electrons. The summed E-state index contributed by atoms with van der Waals surface area (Å²) >= 11 is 0. The molecule has 6 aromatic heterocycles. The molecule has 2 saturated heterocycles.